The molecule has 0 amide bonds. The van der Waals surface area contributed by atoms with Crippen LogP contribution in [0.25, 0.3) is 0 Å². The van der Waals surface area contributed by atoms with E-state index >= 15 is 0 Å². The minimum Gasteiger partial charge on any atom is -0.476 e. The highest BCUT2D eigenvalue weighted by Gasteiger charge is 2.32. The molecule has 7 nitrogen and oxygen atoms in total. The van der Waals surface area contributed by atoms with Crippen LogP contribution >= 0.6 is 0 Å². The molecule has 0 bridgehead atoms. The highest BCUT2D eigenvalue weighted by Crippen LogP contribution is 2.31. The quantitative estimate of drug-likeness (QED) is 0.756. The second-order valence-corrected chi connectivity index (χ2v) is 6.21. The Labute approximate surface area is 157 Å². The summed E-state index contributed by atoms with van der Waals surface area (Å²) in [4.78, 5) is 11.1. The largest absolute Gasteiger partial charge is 0.573 e. The third-order valence-electron chi connectivity index (χ3n) is 4.13. The first-order valence-electron chi connectivity index (χ1n) is 8.55. The Morgan fingerprint density at radius 2 is 2.00 bits per heavy atom. The molecule has 0 aliphatic heterocycles. The summed E-state index contributed by atoms with van der Waals surface area (Å²) < 4.78 is 47.4. The number of nitrogens with zero attached hydrogens (tertiary/aromatic N) is 2. The van der Waals surface area contributed by atoms with Crippen LogP contribution in [0.5, 0.6) is 17.4 Å². The molecule has 0 saturated heterocycles. The van der Waals surface area contributed by atoms with Gasteiger partial charge >= 0.3 is 12.3 Å². The standard InChI is InChI=1S/C18H16F3N3O4/c19-18(20,21)28-14-9-8-13(27-16-15(17(25)26)22-24-23-16)10-12(14)7-6-11-4-2-1-3-5-11/h8-11H,1-5H2,(H,25,26)(H,22,23,24). The second kappa shape index (κ2) is 8.21. The number of carboxylic acids is 1. The predicted molar refractivity (Wildman–Crippen MR) is 90.0 cm³/mol. The Morgan fingerprint density at radius 1 is 1.25 bits per heavy atom. The summed E-state index contributed by atoms with van der Waals surface area (Å²) in [6.45, 7) is 0. The van der Waals surface area contributed by atoms with E-state index in [-0.39, 0.29) is 23.1 Å². The molecule has 1 fully saturated rings. The summed E-state index contributed by atoms with van der Waals surface area (Å²) >= 11 is 0. The third kappa shape index (κ3) is 5.16. The van der Waals surface area contributed by atoms with Gasteiger partial charge in [-0.05, 0) is 25.0 Å². The maximum Gasteiger partial charge on any atom is 0.573 e. The molecule has 2 aromatic rings. The van der Waals surface area contributed by atoms with Crippen LogP contribution in [-0.4, -0.2) is 32.8 Å². The summed E-state index contributed by atoms with van der Waals surface area (Å²) in [6.07, 6.45) is 0.154. The van der Waals surface area contributed by atoms with Crippen molar-refractivity contribution in [1.82, 2.24) is 15.4 Å². The average molecular weight is 395 g/mol. The van der Waals surface area contributed by atoms with E-state index in [0.29, 0.717) is 0 Å². The fourth-order valence-electron chi connectivity index (χ4n) is 2.86. The van der Waals surface area contributed by atoms with E-state index in [4.69, 9.17) is 9.84 Å². The van der Waals surface area contributed by atoms with Crippen molar-refractivity contribution < 1.29 is 32.5 Å². The van der Waals surface area contributed by atoms with Gasteiger partial charge in [0.05, 0.1) is 5.56 Å². The number of alkyl halides is 3. The molecule has 1 saturated carbocycles. The lowest BCUT2D eigenvalue weighted by molar-refractivity contribution is -0.274. The van der Waals surface area contributed by atoms with Crippen LogP contribution in [0.4, 0.5) is 13.2 Å². The molecule has 148 valence electrons. The van der Waals surface area contributed by atoms with Gasteiger partial charge in [-0.25, -0.2) is 9.89 Å². The number of ether oxygens (including phenoxy) is 2. The van der Waals surface area contributed by atoms with E-state index in [0.717, 1.165) is 38.2 Å². The van der Waals surface area contributed by atoms with Gasteiger partial charge in [0.1, 0.15) is 11.5 Å². The van der Waals surface area contributed by atoms with E-state index in [1.54, 1.807) is 0 Å². The molecule has 1 aromatic carbocycles. The summed E-state index contributed by atoms with van der Waals surface area (Å²) in [5.74, 6) is 3.87. The van der Waals surface area contributed by atoms with Crippen molar-refractivity contribution in [1.29, 1.82) is 0 Å². The maximum atomic E-state index is 12.7. The second-order valence-electron chi connectivity index (χ2n) is 6.21. The van der Waals surface area contributed by atoms with E-state index in [1.807, 2.05) is 0 Å². The Morgan fingerprint density at radius 3 is 2.68 bits per heavy atom. The average Bonchev–Trinajstić information content (AvgIpc) is 3.10. The molecule has 0 radical (unpaired) electrons. The molecule has 0 atom stereocenters. The molecule has 10 heteroatoms. The van der Waals surface area contributed by atoms with Crippen molar-refractivity contribution >= 4 is 5.97 Å². The number of aromatic carboxylic acids is 1. The summed E-state index contributed by atoms with van der Waals surface area (Å²) in [5, 5.41) is 18.0. The number of aromatic amines is 1. The molecule has 1 aliphatic carbocycles. The van der Waals surface area contributed by atoms with E-state index in [2.05, 4.69) is 32.0 Å². The molecule has 0 spiro atoms. The van der Waals surface area contributed by atoms with Crippen LogP contribution in [0.2, 0.25) is 0 Å². The molecule has 28 heavy (non-hydrogen) atoms. The van der Waals surface area contributed by atoms with Crippen LogP contribution in [0.1, 0.15) is 48.2 Å². The molecule has 1 aliphatic rings. The lowest BCUT2D eigenvalue weighted by Crippen LogP contribution is -2.17. The van der Waals surface area contributed by atoms with Crippen molar-refractivity contribution in [3.05, 3.63) is 29.5 Å². The van der Waals surface area contributed by atoms with Crippen LogP contribution in [-0.2, 0) is 0 Å². The Bertz CT molecular complexity index is 909. The number of halogens is 3. The number of hydrogen-bond donors (Lipinski definition) is 2. The first kappa shape index (κ1) is 19.5. The third-order valence-corrected chi connectivity index (χ3v) is 4.13. The van der Waals surface area contributed by atoms with Gasteiger partial charge in [-0.1, -0.05) is 36.3 Å². The van der Waals surface area contributed by atoms with Gasteiger partial charge in [-0.15, -0.1) is 18.3 Å². The maximum absolute atomic E-state index is 12.7. The number of carboxylic acid groups (broad SMARTS) is 1. The van der Waals surface area contributed by atoms with Crippen LogP contribution in [0, 0.1) is 17.8 Å². The number of nitrogens with one attached hydrogen (secondary N) is 1. The summed E-state index contributed by atoms with van der Waals surface area (Å²) in [6, 6.07) is 3.53. The highest BCUT2D eigenvalue weighted by molar-refractivity contribution is 5.87. The number of aromatic nitrogens is 3. The Hall–Kier alpha value is -3.22. The lowest BCUT2D eigenvalue weighted by atomic mass is 9.89. The molecule has 1 heterocycles. The molecule has 3 rings (SSSR count). The topological polar surface area (TPSA) is 97.3 Å². The van der Waals surface area contributed by atoms with E-state index in [1.165, 1.54) is 12.1 Å². The smallest absolute Gasteiger partial charge is 0.476 e. The van der Waals surface area contributed by atoms with Crippen molar-refractivity contribution in [2.24, 2.45) is 5.92 Å². The fourth-order valence-corrected chi connectivity index (χ4v) is 2.86. The van der Waals surface area contributed by atoms with Gasteiger partial charge in [0, 0.05) is 12.0 Å². The Balaban J connectivity index is 1.89. The zero-order valence-electron chi connectivity index (χ0n) is 14.5. The number of benzene rings is 1. The minimum absolute atomic E-state index is 0.00949. The number of rotatable bonds is 4. The van der Waals surface area contributed by atoms with Crippen molar-refractivity contribution in [3.8, 4) is 29.2 Å². The van der Waals surface area contributed by atoms with Crippen LogP contribution in [0.3, 0.4) is 0 Å². The van der Waals surface area contributed by atoms with Crippen LogP contribution < -0.4 is 9.47 Å². The van der Waals surface area contributed by atoms with Gasteiger partial charge in [0.15, 0.2) is 0 Å². The van der Waals surface area contributed by atoms with E-state index < -0.39 is 23.8 Å². The van der Waals surface area contributed by atoms with Gasteiger partial charge in [-0.3, -0.25) is 0 Å². The normalized spacial score (nSPS) is 14.8. The van der Waals surface area contributed by atoms with Crippen molar-refractivity contribution in [2.75, 3.05) is 0 Å². The van der Waals surface area contributed by atoms with Gasteiger partial charge in [0.25, 0.3) is 5.88 Å². The highest BCUT2D eigenvalue weighted by atomic mass is 19.4. The zero-order chi connectivity index (χ0) is 20.1. The SMILES string of the molecule is O=C(O)c1nn[nH]c1Oc1ccc(OC(F)(F)F)c(C#CC2CCCCC2)c1. The van der Waals surface area contributed by atoms with Crippen molar-refractivity contribution in [2.45, 2.75) is 38.5 Å². The van der Waals surface area contributed by atoms with Gasteiger partial charge in [-0.2, -0.15) is 0 Å². The summed E-state index contributed by atoms with van der Waals surface area (Å²) in [5.41, 5.74) is -0.463. The number of hydrogen-bond acceptors (Lipinski definition) is 5. The minimum atomic E-state index is -4.87. The first-order chi connectivity index (χ1) is 13.3. The summed E-state index contributed by atoms with van der Waals surface area (Å²) in [7, 11) is 0. The zero-order valence-corrected chi connectivity index (χ0v) is 14.5. The Kier molecular flexibility index (Phi) is 5.73. The molecular formula is C18H16F3N3O4. The molecular weight excluding hydrogens is 379 g/mol. The molecule has 2 N–H and O–H groups in total. The number of H-pyrrole nitrogens is 1. The lowest BCUT2D eigenvalue weighted by Gasteiger charge is -2.16. The van der Waals surface area contributed by atoms with E-state index in [9.17, 15) is 18.0 Å². The molecule has 0 unspecified atom stereocenters. The fraction of sp³-hybridized carbons (Fsp3) is 0.389. The first-order valence-corrected chi connectivity index (χ1v) is 8.55. The predicted octanol–water partition coefficient (Wildman–Crippen LogP) is 4.13. The van der Waals surface area contributed by atoms with Crippen molar-refractivity contribution in [3.63, 3.8) is 0 Å². The number of carbonyl (C=O) groups is 1. The molecule has 1 aromatic heterocycles. The monoisotopic (exact) mass is 395 g/mol. The van der Waals surface area contributed by atoms with Gasteiger partial charge < -0.3 is 14.6 Å². The van der Waals surface area contributed by atoms with Crippen LogP contribution in [0.15, 0.2) is 18.2 Å². The van der Waals surface area contributed by atoms with Gasteiger partial charge in [0.2, 0.25) is 5.69 Å².